The van der Waals surface area contributed by atoms with Crippen molar-refractivity contribution in [2.45, 2.75) is 10.6 Å². The van der Waals surface area contributed by atoms with E-state index < -0.39 is 38.6 Å². The second kappa shape index (κ2) is 8.58. The molecule has 0 amide bonds. The van der Waals surface area contributed by atoms with Gasteiger partial charge in [-0.2, -0.15) is 5.10 Å². The van der Waals surface area contributed by atoms with Crippen LogP contribution in [0.5, 0.6) is 5.75 Å². The maximum Gasteiger partial charge on any atom is 0.182 e. The van der Waals surface area contributed by atoms with Crippen LogP contribution in [0.2, 0.25) is 0 Å². The van der Waals surface area contributed by atoms with E-state index in [1.165, 1.54) is 49.7 Å². The van der Waals surface area contributed by atoms with Gasteiger partial charge in [-0.15, -0.1) is 0 Å². The van der Waals surface area contributed by atoms with Crippen molar-refractivity contribution in [1.82, 2.24) is 20.2 Å². The van der Waals surface area contributed by atoms with Crippen molar-refractivity contribution in [1.29, 1.82) is 0 Å². The van der Waals surface area contributed by atoms with Gasteiger partial charge in [0.1, 0.15) is 28.6 Å². The average Bonchev–Trinajstić information content (AvgIpc) is 3.52. The lowest BCUT2D eigenvalue weighted by atomic mass is 9.99. The van der Waals surface area contributed by atoms with Crippen LogP contribution in [0.1, 0.15) is 5.56 Å². The minimum Gasteiger partial charge on any atom is -0.497 e. The Bertz CT molecular complexity index is 1650. The zero-order valence-corrected chi connectivity index (χ0v) is 19.0. The van der Waals surface area contributed by atoms with Crippen molar-refractivity contribution < 1.29 is 26.3 Å². The number of benzene rings is 3. The number of hydrogen-bond donors (Lipinski definition) is 2. The summed E-state index contributed by atoms with van der Waals surface area (Å²) >= 11 is 0. The largest absolute Gasteiger partial charge is 0.497 e. The molecule has 0 unspecified atom stereocenters. The lowest BCUT2D eigenvalue weighted by Crippen LogP contribution is -2.08. The molecule has 5 aromatic rings. The van der Waals surface area contributed by atoms with Gasteiger partial charge in [-0.05, 0) is 36.4 Å². The van der Waals surface area contributed by atoms with Gasteiger partial charge >= 0.3 is 0 Å². The monoisotopic (exact) mass is 498 g/mol. The summed E-state index contributed by atoms with van der Waals surface area (Å²) in [6.07, 6.45) is 3.10. The number of hydrogen-bond acceptors (Lipinski definition) is 5. The van der Waals surface area contributed by atoms with E-state index in [9.17, 15) is 12.8 Å². The van der Waals surface area contributed by atoms with Gasteiger partial charge in [0, 0.05) is 28.9 Å². The van der Waals surface area contributed by atoms with E-state index in [2.05, 4.69) is 20.2 Å². The molecule has 0 saturated heterocycles. The lowest BCUT2D eigenvalue weighted by molar-refractivity contribution is 0.414. The number of aromatic amines is 2. The van der Waals surface area contributed by atoms with Crippen LogP contribution >= 0.6 is 0 Å². The van der Waals surface area contributed by atoms with Crippen LogP contribution < -0.4 is 4.74 Å². The van der Waals surface area contributed by atoms with Crippen molar-refractivity contribution in [2.24, 2.45) is 0 Å². The minimum absolute atomic E-state index is 0.0573. The summed E-state index contributed by atoms with van der Waals surface area (Å²) in [4.78, 5) is 6.91. The summed E-state index contributed by atoms with van der Waals surface area (Å²) in [7, 11) is -2.54. The first-order chi connectivity index (χ1) is 16.8. The Morgan fingerprint density at radius 1 is 0.971 bits per heavy atom. The Labute approximate surface area is 197 Å². The Balaban J connectivity index is 1.57. The van der Waals surface area contributed by atoms with E-state index >= 15 is 8.78 Å². The van der Waals surface area contributed by atoms with E-state index in [0.717, 1.165) is 12.1 Å². The highest BCUT2D eigenvalue weighted by atomic mass is 32.2. The molecule has 0 saturated carbocycles. The highest BCUT2D eigenvalue weighted by Crippen LogP contribution is 2.36. The molecule has 2 N–H and O–H groups in total. The molecule has 0 atom stereocenters. The van der Waals surface area contributed by atoms with Crippen LogP contribution in [-0.2, 0) is 15.6 Å². The molecule has 5 rings (SSSR count). The number of H-pyrrole nitrogens is 2. The molecular weight excluding hydrogens is 481 g/mol. The number of rotatable bonds is 6. The number of imidazole rings is 1. The van der Waals surface area contributed by atoms with Crippen molar-refractivity contribution in [3.05, 3.63) is 83.9 Å². The summed E-state index contributed by atoms with van der Waals surface area (Å²) in [5, 5.41) is 6.98. The fraction of sp³-hybridized carbons (Fsp3) is 0.0833. The second-order valence-corrected chi connectivity index (χ2v) is 9.68. The number of nitrogens with zero attached hydrogens (tertiary/aromatic N) is 2. The van der Waals surface area contributed by atoms with Gasteiger partial charge in [0.05, 0.1) is 23.3 Å². The Morgan fingerprint density at radius 3 is 2.43 bits per heavy atom. The third-order valence-electron chi connectivity index (χ3n) is 5.60. The minimum atomic E-state index is -3.98. The van der Waals surface area contributed by atoms with E-state index in [0.29, 0.717) is 22.7 Å². The molecule has 7 nitrogen and oxygen atoms in total. The summed E-state index contributed by atoms with van der Waals surface area (Å²) in [6, 6.07) is 10.2. The molecule has 2 aromatic heterocycles. The maximum atomic E-state index is 15.5. The Morgan fingerprint density at radius 2 is 1.74 bits per heavy atom. The Hall–Kier alpha value is -4.12. The van der Waals surface area contributed by atoms with E-state index in [4.69, 9.17) is 4.74 Å². The van der Waals surface area contributed by atoms with Crippen LogP contribution in [0.25, 0.3) is 33.5 Å². The number of fused-ring (bicyclic) bond motifs is 1. The number of sulfone groups is 1. The molecule has 0 radical (unpaired) electrons. The highest BCUT2D eigenvalue weighted by Gasteiger charge is 2.25. The van der Waals surface area contributed by atoms with Crippen molar-refractivity contribution in [3.8, 4) is 28.4 Å². The number of ether oxygens (including phenoxy) is 1. The number of nitrogens with one attached hydrogen (secondary N) is 2. The zero-order chi connectivity index (χ0) is 24.7. The predicted molar refractivity (Wildman–Crippen MR) is 123 cm³/mol. The van der Waals surface area contributed by atoms with Crippen molar-refractivity contribution >= 4 is 20.7 Å². The molecule has 0 bridgehead atoms. The third kappa shape index (κ3) is 3.93. The summed E-state index contributed by atoms with van der Waals surface area (Å²) in [5.41, 5.74) is -1.07. The zero-order valence-electron chi connectivity index (χ0n) is 18.1. The first kappa shape index (κ1) is 22.7. The average molecular weight is 498 g/mol. The van der Waals surface area contributed by atoms with Gasteiger partial charge in [0.2, 0.25) is 0 Å². The number of aromatic nitrogens is 4. The van der Waals surface area contributed by atoms with Gasteiger partial charge in [-0.3, -0.25) is 5.10 Å². The van der Waals surface area contributed by atoms with Crippen molar-refractivity contribution in [3.63, 3.8) is 0 Å². The molecule has 11 heteroatoms. The molecule has 0 spiro atoms. The molecule has 3 aromatic carbocycles. The van der Waals surface area contributed by atoms with Crippen LogP contribution in [-0.4, -0.2) is 35.7 Å². The fourth-order valence-electron chi connectivity index (χ4n) is 3.85. The molecule has 0 aliphatic rings. The summed E-state index contributed by atoms with van der Waals surface area (Å²) in [5.74, 6) is -3.02. The molecule has 0 aliphatic heterocycles. The Kier molecular flexibility index (Phi) is 5.56. The number of halogens is 3. The SMILES string of the molecule is COc1ccc(S(=O)(=O)Cc2ccc(F)c(-c3ccc4c(-c5ncc[nH]5)[nH]nc4c3F)c2F)cc1. The molecule has 0 fully saturated rings. The standard InChI is InChI=1S/C24H17F3N4O3S/c1-34-14-3-5-15(6-4-14)35(32,33)12-13-2-9-18(25)19(20(13)26)16-7-8-17-22(21(16)27)30-31-23(17)24-28-10-11-29-24/h2-11H,12H2,1H3,(H,28,29)(H,30,31). The first-order valence-electron chi connectivity index (χ1n) is 10.3. The highest BCUT2D eigenvalue weighted by molar-refractivity contribution is 7.90. The van der Waals surface area contributed by atoms with Gasteiger partial charge in [0.25, 0.3) is 0 Å². The van der Waals surface area contributed by atoms with Gasteiger partial charge < -0.3 is 9.72 Å². The van der Waals surface area contributed by atoms with Crippen LogP contribution in [0, 0.1) is 17.5 Å². The van der Waals surface area contributed by atoms with E-state index in [-0.39, 0.29) is 21.5 Å². The normalized spacial score (nSPS) is 11.8. The van der Waals surface area contributed by atoms with Gasteiger partial charge in [0.15, 0.2) is 21.5 Å². The topological polar surface area (TPSA) is 101 Å². The van der Waals surface area contributed by atoms with Crippen LogP contribution in [0.3, 0.4) is 0 Å². The summed E-state index contributed by atoms with van der Waals surface area (Å²) < 4.78 is 76.3. The fourth-order valence-corrected chi connectivity index (χ4v) is 5.20. The molecule has 0 aliphatic carbocycles. The molecule has 178 valence electrons. The number of methoxy groups -OCH3 is 1. The smallest absolute Gasteiger partial charge is 0.182 e. The van der Waals surface area contributed by atoms with Gasteiger partial charge in [-0.1, -0.05) is 12.1 Å². The maximum absolute atomic E-state index is 15.5. The summed E-state index contributed by atoms with van der Waals surface area (Å²) in [6.45, 7) is 0. The lowest BCUT2D eigenvalue weighted by Gasteiger charge is -2.12. The molecular formula is C24H17F3N4O3S. The van der Waals surface area contributed by atoms with Crippen LogP contribution in [0.4, 0.5) is 13.2 Å². The van der Waals surface area contributed by atoms with Gasteiger partial charge in [-0.25, -0.2) is 26.6 Å². The van der Waals surface area contributed by atoms with E-state index in [1.54, 1.807) is 6.20 Å². The quantitative estimate of drug-likeness (QED) is 0.342. The van der Waals surface area contributed by atoms with E-state index in [1.807, 2.05) is 0 Å². The van der Waals surface area contributed by atoms with Crippen LogP contribution in [0.15, 0.2) is 65.8 Å². The van der Waals surface area contributed by atoms with Crippen molar-refractivity contribution in [2.75, 3.05) is 7.11 Å². The second-order valence-electron chi connectivity index (χ2n) is 7.69. The predicted octanol–water partition coefficient (Wildman–Crippen LogP) is 5.02. The molecule has 35 heavy (non-hydrogen) atoms. The first-order valence-corrected chi connectivity index (χ1v) is 12.0. The third-order valence-corrected chi connectivity index (χ3v) is 7.29. The molecule has 2 heterocycles.